The summed E-state index contributed by atoms with van der Waals surface area (Å²) in [6, 6.07) is 17.8. The van der Waals surface area contributed by atoms with Crippen LogP contribution in [0.3, 0.4) is 0 Å². The van der Waals surface area contributed by atoms with Gasteiger partial charge in [-0.25, -0.2) is 4.98 Å². The molecule has 0 fully saturated rings. The van der Waals surface area contributed by atoms with Gasteiger partial charge in [0.2, 0.25) is 5.91 Å². The number of benzene rings is 2. The molecule has 0 radical (unpaired) electrons. The van der Waals surface area contributed by atoms with Crippen molar-refractivity contribution in [3.63, 3.8) is 0 Å². The normalized spacial score (nSPS) is 12.3. The number of carbonyl (C=O) groups is 1. The Balaban J connectivity index is 1.47. The lowest BCUT2D eigenvalue weighted by Gasteiger charge is -2.19. The molecule has 2 aromatic carbocycles. The van der Waals surface area contributed by atoms with Crippen LogP contribution < -0.4 is 5.32 Å². The molecule has 1 unspecified atom stereocenters. The third-order valence-electron chi connectivity index (χ3n) is 4.83. The van der Waals surface area contributed by atoms with Crippen LogP contribution in [0.15, 0.2) is 84.5 Å². The van der Waals surface area contributed by atoms with E-state index in [0.29, 0.717) is 16.3 Å². The molecule has 162 valence electrons. The van der Waals surface area contributed by atoms with E-state index in [1.165, 1.54) is 23.5 Å². The van der Waals surface area contributed by atoms with E-state index in [2.05, 4.69) is 15.3 Å². The molecule has 0 aliphatic rings. The summed E-state index contributed by atoms with van der Waals surface area (Å²) in [5.74, 6) is -0.208. The molecular weight excluding hydrogens is 435 g/mol. The molecule has 0 aliphatic carbocycles. The molecular formula is C24H18F3N3OS. The van der Waals surface area contributed by atoms with Gasteiger partial charge < -0.3 is 5.32 Å². The summed E-state index contributed by atoms with van der Waals surface area (Å²) in [7, 11) is 0. The fourth-order valence-corrected chi connectivity index (χ4v) is 4.09. The van der Waals surface area contributed by atoms with Gasteiger partial charge in [-0.1, -0.05) is 42.5 Å². The average Bonchev–Trinajstić information content (AvgIpc) is 3.26. The SMILES string of the molecule is O=C(Cc1csc(-c2ccc(C(F)(F)F)cc2)n1)NC(c1ccccc1)c1ccncc1. The van der Waals surface area contributed by atoms with Gasteiger partial charge in [-0.2, -0.15) is 13.2 Å². The maximum atomic E-state index is 12.8. The molecule has 0 saturated heterocycles. The van der Waals surface area contributed by atoms with Crippen LogP contribution in [-0.2, 0) is 17.4 Å². The van der Waals surface area contributed by atoms with E-state index in [1.54, 1.807) is 17.8 Å². The second-order valence-electron chi connectivity index (χ2n) is 7.09. The van der Waals surface area contributed by atoms with Crippen LogP contribution >= 0.6 is 11.3 Å². The number of hydrogen-bond donors (Lipinski definition) is 1. The van der Waals surface area contributed by atoms with E-state index >= 15 is 0 Å². The van der Waals surface area contributed by atoms with E-state index in [4.69, 9.17) is 0 Å². The second kappa shape index (κ2) is 9.32. The van der Waals surface area contributed by atoms with Gasteiger partial charge in [0.15, 0.2) is 0 Å². The fourth-order valence-electron chi connectivity index (χ4n) is 3.26. The van der Waals surface area contributed by atoms with Crippen LogP contribution in [0.1, 0.15) is 28.4 Å². The minimum absolute atomic E-state index is 0.0611. The Morgan fingerprint density at radius 2 is 1.59 bits per heavy atom. The quantitative estimate of drug-likeness (QED) is 0.409. The molecule has 1 atom stereocenters. The summed E-state index contributed by atoms with van der Waals surface area (Å²) in [6.07, 6.45) is -0.970. The van der Waals surface area contributed by atoms with Gasteiger partial charge in [-0.3, -0.25) is 9.78 Å². The monoisotopic (exact) mass is 453 g/mol. The molecule has 1 N–H and O–H groups in total. The molecule has 2 aromatic heterocycles. The van der Waals surface area contributed by atoms with Crippen molar-refractivity contribution in [1.82, 2.24) is 15.3 Å². The molecule has 0 aliphatic heterocycles. The summed E-state index contributed by atoms with van der Waals surface area (Å²) in [6.45, 7) is 0. The maximum absolute atomic E-state index is 12.8. The van der Waals surface area contributed by atoms with Crippen molar-refractivity contribution in [2.75, 3.05) is 0 Å². The summed E-state index contributed by atoms with van der Waals surface area (Å²) in [4.78, 5) is 21.2. The fraction of sp³-hybridized carbons (Fsp3) is 0.125. The van der Waals surface area contributed by atoms with Crippen molar-refractivity contribution in [1.29, 1.82) is 0 Å². The van der Waals surface area contributed by atoms with Gasteiger partial charge in [-0.15, -0.1) is 11.3 Å². The lowest BCUT2D eigenvalue weighted by molar-refractivity contribution is -0.137. The van der Waals surface area contributed by atoms with Gasteiger partial charge in [0, 0.05) is 23.3 Å². The Hall–Kier alpha value is -3.52. The smallest absolute Gasteiger partial charge is 0.345 e. The molecule has 0 saturated carbocycles. The molecule has 4 nitrogen and oxygen atoms in total. The van der Waals surface area contributed by atoms with E-state index in [0.717, 1.165) is 23.3 Å². The summed E-state index contributed by atoms with van der Waals surface area (Å²) >= 11 is 1.29. The highest BCUT2D eigenvalue weighted by Gasteiger charge is 2.30. The zero-order chi connectivity index (χ0) is 22.6. The first-order valence-corrected chi connectivity index (χ1v) is 10.6. The average molecular weight is 453 g/mol. The van der Waals surface area contributed by atoms with Gasteiger partial charge in [0.25, 0.3) is 0 Å². The third kappa shape index (κ3) is 5.20. The molecule has 8 heteroatoms. The number of thiazole rings is 1. The summed E-state index contributed by atoms with van der Waals surface area (Å²) in [5.41, 5.74) is 2.28. The largest absolute Gasteiger partial charge is 0.416 e. The zero-order valence-electron chi connectivity index (χ0n) is 16.7. The lowest BCUT2D eigenvalue weighted by atomic mass is 9.99. The van der Waals surface area contributed by atoms with Crippen molar-refractivity contribution in [2.24, 2.45) is 0 Å². The van der Waals surface area contributed by atoms with Crippen molar-refractivity contribution >= 4 is 17.2 Å². The predicted octanol–water partition coefficient (Wildman–Crippen LogP) is 5.67. The number of hydrogen-bond acceptors (Lipinski definition) is 4. The van der Waals surface area contributed by atoms with Crippen LogP contribution in [0.4, 0.5) is 13.2 Å². The standard InChI is InChI=1S/C24H18F3N3OS/c25-24(26,27)19-8-6-18(7-9-19)23-29-20(15-32-23)14-21(31)30-22(16-4-2-1-3-5-16)17-10-12-28-13-11-17/h1-13,15,22H,14H2,(H,30,31). The number of halogens is 3. The number of alkyl halides is 3. The minimum Gasteiger partial charge on any atom is -0.345 e. The van der Waals surface area contributed by atoms with Crippen LogP contribution in [-0.4, -0.2) is 15.9 Å². The molecule has 32 heavy (non-hydrogen) atoms. The molecule has 4 aromatic rings. The second-order valence-corrected chi connectivity index (χ2v) is 7.95. The molecule has 4 rings (SSSR count). The molecule has 2 heterocycles. The van der Waals surface area contributed by atoms with Crippen LogP contribution in [0.5, 0.6) is 0 Å². The summed E-state index contributed by atoms with van der Waals surface area (Å²) in [5, 5.41) is 5.36. The topological polar surface area (TPSA) is 54.9 Å². The van der Waals surface area contributed by atoms with Gasteiger partial charge >= 0.3 is 6.18 Å². The summed E-state index contributed by atoms with van der Waals surface area (Å²) < 4.78 is 38.3. The van der Waals surface area contributed by atoms with E-state index in [1.807, 2.05) is 42.5 Å². The molecule has 0 bridgehead atoms. The number of amides is 1. The number of rotatable bonds is 6. The Morgan fingerprint density at radius 3 is 2.25 bits per heavy atom. The maximum Gasteiger partial charge on any atom is 0.416 e. The number of pyridine rings is 1. The number of nitrogens with zero attached hydrogens (tertiary/aromatic N) is 2. The predicted molar refractivity (Wildman–Crippen MR) is 117 cm³/mol. The Kier molecular flexibility index (Phi) is 6.32. The highest BCUT2D eigenvalue weighted by Crippen LogP contribution is 2.32. The van der Waals surface area contributed by atoms with Crippen molar-refractivity contribution in [3.8, 4) is 10.6 Å². The van der Waals surface area contributed by atoms with Crippen molar-refractivity contribution in [2.45, 2.75) is 18.6 Å². The first kappa shape index (κ1) is 21.7. The number of aromatic nitrogens is 2. The Morgan fingerprint density at radius 1 is 0.938 bits per heavy atom. The van der Waals surface area contributed by atoms with Crippen LogP contribution in [0.25, 0.3) is 10.6 Å². The van der Waals surface area contributed by atoms with Crippen molar-refractivity contribution in [3.05, 3.63) is 107 Å². The van der Waals surface area contributed by atoms with Crippen LogP contribution in [0, 0.1) is 0 Å². The molecule has 1 amide bonds. The van der Waals surface area contributed by atoms with Crippen molar-refractivity contribution < 1.29 is 18.0 Å². The molecule has 0 spiro atoms. The number of carbonyl (C=O) groups excluding carboxylic acids is 1. The van der Waals surface area contributed by atoms with Gasteiger partial charge in [0.05, 0.1) is 23.7 Å². The third-order valence-corrected chi connectivity index (χ3v) is 5.77. The number of nitrogens with one attached hydrogen (secondary N) is 1. The van der Waals surface area contributed by atoms with E-state index < -0.39 is 11.7 Å². The van der Waals surface area contributed by atoms with E-state index in [-0.39, 0.29) is 18.4 Å². The lowest BCUT2D eigenvalue weighted by Crippen LogP contribution is -2.30. The highest BCUT2D eigenvalue weighted by atomic mass is 32.1. The highest BCUT2D eigenvalue weighted by molar-refractivity contribution is 7.13. The van der Waals surface area contributed by atoms with Gasteiger partial charge in [0.1, 0.15) is 5.01 Å². The zero-order valence-corrected chi connectivity index (χ0v) is 17.5. The first-order chi connectivity index (χ1) is 15.4. The minimum atomic E-state index is -4.38. The Labute approximate surface area is 186 Å². The van der Waals surface area contributed by atoms with E-state index in [9.17, 15) is 18.0 Å². The first-order valence-electron chi connectivity index (χ1n) is 9.76. The Bertz CT molecular complexity index is 1140. The van der Waals surface area contributed by atoms with Crippen LogP contribution in [0.2, 0.25) is 0 Å². The van der Waals surface area contributed by atoms with Gasteiger partial charge in [-0.05, 0) is 35.4 Å².